The highest BCUT2D eigenvalue weighted by Crippen LogP contribution is 2.40. The zero-order valence-electron chi connectivity index (χ0n) is 15.0. The highest BCUT2D eigenvalue weighted by molar-refractivity contribution is 7.86. The summed E-state index contributed by atoms with van der Waals surface area (Å²) >= 11 is 0. The van der Waals surface area contributed by atoms with Crippen LogP contribution in [0.15, 0.2) is 48.4 Å². The Morgan fingerprint density at radius 1 is 1.15 bits per heavy atom. The predicted octanol–water partition coefficient (Wildman–Crippen LogP) is 3.44. The first-order valence-corrected chi connectivity index (χ1v) is 10.1. The lowest BCUT2D eigenvalue weighted by atomic mass is 10.1. The Labute approximate surface area is 156 Å². The average molecular weight is 383 g/mol. The smallest absolute Gasteiger partial charge is 0.306 e. The van der Waals surface area contributed by atoms with Gasteiger partial charge in [-0.15, -0.1) is 0 Å². The second-order valence-electron chi connectivity index (χ2n) is 6.51. The summed E-state index contributed by atoms with van der Waals surface area (Å²) < 4.78 is 35.6. The molecule has 27 heavy (non-hydrogen) atoms. The van der Waals surface area contributed by atoms with Crippen molar-refractivity contribution in [2.75, 3.05) is 6.26 Å². The third-order valence-corrected chi connectivity index (χ3v) is 4.97. The van der Waals surface area contributed by atoms with E-state index in [2.05, 4.69) is 0 Å². The minimum atomic E-state index is -3.67. The van der Waals surface area contributed by atoms with Crippen molar-refractivity contribution in [3.05, 3.63) is 65.0 Å². The van der Waals surface area contributed by atoms with Crippen molar-refractivity contribution in [3.63, 3.8) is 0 Å². The van der Waals surface area contributed by atoms with Gasteiger partial charge in [-0.05, 0) is 31.2 Å². The van der Waals surface area contributed by atoms with Gasteiger partial charge >= 0.3 is 10.1 Å². The van der Waals surface area contributed by atoms with E-state index in [1.165, 1.54) is 12.1 Å². The summed E-state index contributed by atoms with van der Waals surface area (Å²) in [6.07, 6.45) is 4.61. The number of aryl methyl sites for hydroxylation is 1. The van der Waals surface area contributed by atoms with Gasteiger partial charge in [0.25, 0.3) is 0 Å². The van der Waals surface area contributed by atoms with E-state index in [0.717, 1.165) is 22.7 Å². The van der Waals surface area contributed by atoms with Gasteiger partial charge in [0.05, 0.1) is 11.8 Å². The van der Waals surface area contributed by atoms with Crippen LogP contribution in [0.25, 0.3) is 17.0 Å². The first-order chi connectivity index (χ1) is 12.7. The minimum absolute atomic E-state index is 0.149. The number of carbonyl (C=O) groups excluding carboxylic acids is 1. The number of ether oxygens (including phenoxy) is 1. The summed E-state index contributed by atoms with van der Waals surface area (Å²) in [5.74, 6) is 0.427. The molecule has 138 valence electrons. The fourth-order valence-corrected chi connectivity index (χ4v) is 3.76. The van der Waals surface area contributed by atoms with Crippen molar-refractivity contribution in [1.29, 1.82) is 0 Å². The van der Waals surface area contributed by atoms with Gasteiger partial charge in [-0.1, -0.05) is 18.2 Å². The van der Waals surface area contributed by atoms with Crippen LogP contribution in [-0.4, -0.2) is 25.0 Å². The molecule has 7 heteroatoms. The fourth-order valence-electron chi connectivity index (χ4n) is 3.25. The van der Waals surface area contributed by atoms with Crippen molar-refractivity contribution < 1.29 is 22.1 Å². The predicted molar refractivity (Wildman–Crippen MR) is 103 cm³/mol. The molecule has 0 saturated heterocycles. The zero-order valence-corrected chi connectivity index (χ0v) is 15.8. The highest BCUT2D eigenvalue weighted by atomic mass is 32.2. The molecule has 1 aliphatic rings. The summed E-state index contributed by atoms with van der Waals surface area (Å²) in [4.78, 5) is 12.7. The SMILES string of the molecule is Cc1c(OS(C)(=O)=O)ccc2c1O/C(=C/c1cn(C)c3ccccc13)C2=O. The number of hydrogen-bond acceptors (Lipinski definition) is 5. The van der Waals surface area contributed by atoms with Crippen LogP contribution in [0.2, 0.25) is 0 Å². The van der Waals surface area contributed by atoms with E-state index in [1.807, 2.05) is 42.1 Å². The summed E-state index contributed by atoms with van der Waals surface area (Å²) in [5, 5.41) is 1.01. The molecule has 0 fully saturated rings. The minimum Gasteiger partial charge on any atom is -0.452 e. The molecule has 0 spiro atoms. The molecule has 4 rings (SSSR count). The normalized spacial score (nSPS) is 15.2. The number of carbonyl (C=O) groups is 1. The molecule has 0 amide bonds. The Hall–Kier alpha value is -3.06. The Morgan fingerprint density at radius 3 is 2.63 bits per heavy atom. The number of rotatable bonds is 3. The number of hydrogen-bond donors (Lipinski definition) is 0. The van der Waals surface area contributed by atoms with Gasteiger partial charge in [-0.3, -0.25) is 4.79 Å². The number of allylic oxidation sites excluding steroid dienone is 1. The Balaban J connectivity index is 1.77. The lowest BCUT2D eigenvalue weighted by Gasteiger charge is -2.09. The number of fused-ring (bicyclic) bond motifs is 2. The largest absolute Gasteiger partial charge is 0.452 e. The maximum atomic E-state index is 12.7. The number of para-hydroxylation sites is 1. The first-order valence-electron chi connectivity index (χ1n) is 8.26. The second kappa shape index (κ2) is 5.99. The van der Waals surface area contributed by atoms with E-state index >= 15 is 0 Å². The summed E-state index contributed by atoms with van der Waals surface area (Å²) in [7, 11) is -1.73. The molecule has 6 nitrogen and oxygen atoms in total. The van der Waals surface area contributed by atoms with Gasteiger partial charge in [0.2, 0.25) is 5.78 Å². The van der Waals surface area contributed by atoms with Crippen LogP contribution in [0.3, 0.4) is 0 Å². The molecular weight excluding hydrogens is 366 g/mol. The molecule has 2 aromatic carbocycles. The molecule has 1 aromatic heterocycles. The van der Waals surface area contributed by atoms with Gasteiger partial charge in [0.15, 0.2) is 5.76 Å². The van der Waals surface area contributed by atoms with Gasteiger partial charge in [-0.25, -0.2) is 0 Å². The Kier molecular flexibility index (Phi) is 3.85. The Morgan fingerprint density at radius 2 is 1.89 bits per heavy atom. The van der Waals surface area contributed by atoms with E-state index in [9.17, 15) is 13.2 Å². The number of nitrogens with zero attached hydrogens (tertiary/aromatic N) is 1. The van der Waals surface area contributed by atoms with E-state index in [0.29, 0.717) is 16.9 Å². The van der Waals surface area contributed by atoms with Crippen LogP contribution in [-0.2, 0) is 17.2 Å². The summed E-state index contributed by atoms with van der Waals surface area (Å²) in [6.45, 7) is 1.66. The van der Waals surface area contributed by atoms with E-state index in [4.69, 9.17) is 8.92 Å². The number of Topliss-reactive ketones (excluding diaryl/α,β-unsaturated/α-hetero) is 1. The molecule has 0 saturated carbocycles. The molecular formula is C20H17NO5S. The van der Waals surface area contributed by atoms with E-state index in [-0.39, 0.29) is 17.3 Å². The van der Waals surface area contributed by atoms with Crippen LogP contribution in [0.1, 0.15) is 21.5 Å². The third-order valence-electron chi connectivity index (χ3n) is 4.49. The maximum absolute atomic E-state index is 12.7. The van der Waals surface area contributed by atoms with E-state index < -0.39 is 10.1 Å². The number of benzene rings is 2. The van der Waals surface area contributed by atoms with Gasteiger partial charge in [-0.2, -0.15) is 8.42 Å². The van der Waals surface area contributed by atoms with E-state index in [1.54, 1.807) is 13.0 Å². The molecule has 0 bridgehead atoms. The van der Waals surface area contributed by atoms with Crippen LogP contribution < -0.4 is 8.92 Å². The van der Waals surface area contributed by atoms with Crippen molar-refractivity contribution in [1.82, 2.24) is 4.57 Å². The summed E-state index contributed by atoms with van der Waals surface area (Å²) in [5.41, 5.74) is 2.77. The molecule has 0 atom stereocenters. The molecule has 0 radical (unpaired) electrons. The average Bonchev–Trinajstić information content (AvgIpc) is 3.09. The monoisotopic (exact) mass is 383 g/mol. The molecule has 2 heterocycles. The second-order valence-corrected chi connectivity index (χ2v) is 8.08. The lowest BCUT2D eigenvalue weighted by Crippen LogP contribution is -2.07. The highest BCUT2D eigenvalue weighted by Gasteiger charge is 2.31. The fraction of sp³-hybridized carbons (Fsp3) is 0.150. The van der Waals surface area contributed by atoms with Crippen LogP contribution in [0.5, 0.6) is 11.5 Å². The lowest BCUT2D eigenvalue weighted by molar-refractivity contribution is 0.101. The quantitative estimate of drug-likeness (QED) is 0.512. The molecule has 0 unspecified atom stereocenters. The van der Waals surface area contributed by atoms with Crippen LogP contribution in [0, 0.1) is 6.92 Å². The third kappa shape index (κ3) is 3.00. The molecule has 0 N–H and O–H groups in total. The van der Waals surface area contributed by atoms with Crippen molar-refractivity contribution in [2.24, 2.45) is 7.05 Å². The number of ketones is 1. The van der Waals surface area contributed by atoms with Gasteiger partial charge < -0.3 is 13.5 Å². The molecule has 1 aliphatic heterocycles. The van der Waals surface area contributed by atoms with Gasteiger partial charge in [0.1, 0.15) is 11.5 Å². The standard InChI is InChI=1S/C20H17NO5S/c1-12-17(26-27(3,23)24)9-8-15-19(22)18(25-20(12)15)10-13-11-21(2)16-7-5-4-6-14(13)16/h4-11H,1-3H3/b18-10+. The zero-order chi connectivity index (χ0) is 19.3. The van der Waals surface area contributed by atoms with Crippen LogP contribution >= 0.6 is 0 Å². The first kappa shape index (κ1) is 17.4. The molecule has 0 aliphatic carbocycles. The van der Waals surface area contributed by atoms with Crippen molar-refractivity contribution in [3.8, 4) is 11.5 Å². The van der Waals surface area contributed by atoms with Gasteiger partial charge in [0, 0.05) is 35.3 Å². The molecule has 3 aromatic rings. The summed E-state index contributed by atoms with van der Waals surface area (Å²) in [6, 6.07) is 10.9. The van der Waals surface area contributed by atoms with Crippen molar-refractivity contribution in [2.45, 2.75) is 6.92 Å². The Bertz CT molecular complexity index is 1230. The number of aromatic nitrogens is 1. The maximum Gasteiger partial charge on any atom is 0.306 e. The van der Waals surface area contributed by atoms with Crippen LogP contribution in [0.4, 0.5) is 0 Å². The topological polar surface area (TPSA) is 74.6 Å². The van der Waals surface area contributed by atoms with Crippen molar-refractivity contribution >= 4 is 32.9 Å².